The van der Waals surface area contributed by atoms with Crippen LogP contribution >= 0.6 is 0 Å². The van der Waals surface area contributed by atoms with E-state index in [1.165, 1.54) is 6.20 Å². The van der Waals surface area contributed by atoms with Crippen LogP contribution in [0.25, 0.3) is 0 Å². The van der Waals surface area contributed by atoms with Gasteiger partial charge in [0.15, 0.2) is 0 Å². The standard InChI is InChI=1S/C13H13N3O2/c1-16(9-10-2-5-14-6-3-10)11-4-7-15-12(8-11)13(17)18/h2-8H,9H2,1H3,(H,17,18). The largest absolute Gasteiger partial charge is 0.477 e. The van der Waals surface area contributed by atoms with Crippen molar-refractivity contribution in [1.29, 1.82) is 0 Å². The van der Waals surface area contributed by atoms with Crippen LogP contribution < -0.4 is 4.90 Å². The Morgan fingerprint density at radius 2 is 2.00 bits per heavy atom. The van der Waals surface area contributed by atoms with Crippen LogP contribution in [-0.2, 0) is 6.54 Å². The van der Waals surface area contributed by atoms with Crippen molar-refractivity contribution in [3.63, 3.8) is 0 Å². The lowest BCUT2D eigenvalue weighted by atomic mass is 10.2. The van der Waals surface area contributed by atoms with E-state index in [9.17, 15) is 4.79 Å². The second kappa shape index (κ2) is 5.27. The van der Waals surface area contributed by atoms with Crippen molar-refractivity contribution in [2.24, 2.45) is 0 Å². The summed E-state index contributed by atoms with van der Waals surface area (Å²) in [4.78, 5) is 20.6. The van der Waals surface area contributed by atoms with E-state index >= 15 is 0 Å². The summed E-state index contributed by atoms with van der Waals surface area (Å²) >= 11 is 0. The van der Waals surface area contributed by atoms with E-state index in [0.717, 1.165) is 11.3 Å². The number of rotatable bonds is 4. The average molecular weight is 243 g/mol. The highest BCUT2D eigenvalue weighted by Crippen LogP contribution is 2.15. The molecule has 2 aromatic heterocycles. The molecule has 92 valence electrons. The van der Waals surface area contributed by atoms with Gasteiger partial charge in [-0.1, -0.05) is 0 Å². The lowest BCUT2D eigenvalue weighted by Gasteiger charge is -2.19. The smallest absolute Gasteiger partial charge is 0.354 e. The summed E-state index contributed by atoms with van der Waals surface area (Å²) < 4.78 is 0. The molecular formula is C13H13N3O2. The molecule has 0 unspecified atom stereocenters. The summed E-state index contributed by atoms with van der Waals surface area (Å²) in [6, 6.07) is 7.20. The van der Waals surface area contributed by atoms with Crippen LogP contribution in [0.15, 0.2) is 42.9 Å². The Morgan fingerprint density at radius 3 is 2.67 bits per heavy atom. The van der Waals surface area contributed by atoms with Crippen molar-refractivity contribution in [3.8, 4) is 0 Å². The molecule has 2 aromatic rings. The van der Waals surface area contributed by atoms with Gasteiger partial charge in [0.2, 0.25) is 0 Å². The maximum absolute atomic E-state index is 10.8. The Bertz CT molecular complexity index is 543. The molecule has 0 aromatic carbocycles. The van der Waals surface area contributed by atoms with Crippen LogP contribution in [0.1, 0.15) is 16.1 Å². The Morgan fingerprint density at radius 1 is 1.28 bits per heavy atom. The predicted molar refractivity (Wildman–Crippen MR) is 67.5 cm³/mol. The van der Waals surface area contributed by atoms with E-state index in [0.29, 0.717) is 6.54 Å². The number of aromatic nitrogens is 2. The Kier molecular flexibility index (Phi) is 3.52. The first-order chi connectivity index (χ1) is 8.66. The molecule has 0 aliphatic heterocycles. The van der Waals surface area contributed by atoms with Crippen LogP contribution in [0, 0.1) is 0 Å². The second-order valence-electron chi connectivity index (χ2n) is 3.92. The van der Waals surface area contributed by atoms with Gasteiger partial charge in [-0.2, -0.15) is 0 Å². The van der Waals surface area contributed by atoms with Crippen molar-refractivity contribution in [3.05, 3.63) is 54.1 Å². The first-order valence-electron chi connectivity index (χ1n) is 5.46. The van der Waals surface area contributed by atoms with Gasteiger partial charge >= 0.3 is 5.97 Å². The zero-order valence-electron chi connectivity index (χ0n) is 9.95. The van der Waals surface area contributed by atoms with Crippen molar-refractivity contribution in [2.45, 2.75) is 6.54 Å². The Balaban J connectivity index is 2.16. The minimum Gasteiger partial charge on any atom is -0.477 e. The number of nitrogens with zero attached hydrogens (tertiary/aromatic N) is 3. The van der Waals surface area contributed by atoms with Crippen molar-refractivity contribution in [2.75, 3.05) is 11.9 Å². The van der Waals surface area contributed by atoms with Gasteiger partial charge in [-0.05, 0) is 29.8 Å². The molecule has 1 N–H and O–H groups in total. The SMILES string of the molecule is CN(Cc1ccncc1)c1ccnc(C(=O)O)c1. The van der Waals surface area contributed by atoms with Crippen molar-refractivity contribution >= 4 is 11.7 Å². The van der Waals surface area contributed by atoms with Crippen LogP contribution in [0.2, 0.25) is 0 Å². The monoisotopic (exact) mass is 243 g/mol. The number of hydrogen-bond acceptors (Lipinski definition) is 4. The van der Waals surface area contributed by atoms with E-state index in [-0.39, 0.29) is 5.69 Å². The molecular weight excluding hydrogens is 230 g/mol. The van der Waals surface area contributed by atoms with E-state index < -0.39 is 5.97 Å². The first kappa shape index (κ1) is 12.0. The quantitative estimate of drug-likeness (QED) is 0.887. The van der Waals surface area contributed by atoms with Crippen molar-refractivity contribution < 1.29 is 9.90 Å². The molecule has 2 heterocycles. The molecule has 0 aliphatic carbocycles. The van der Waals surface area contributed by atoms with Gasteiger partial charge < -0.3 is 10.0 Å². The van der Waals surface area contributed by atoms with Crippen LogP contribution in [-0.4, -0.2) is 28.1 Å². The van der Waals surface area contributed by atoms with Gasteiger partial charge in [-0.25, -0.2) is 9.78 Å². The molecule has 0 radical (unpaired) electrons. The number of carboxylic acids is 1. The summed E-state index contributed by atoms with van der Waals surface area (Å²) in [5, 5.41) is 8.89. The van der Waals surface area contributed by atoms with Gasteiger partial charge in [0.25, 0.3) is 0 Å². The predicted octanol–water partition coefficient (Wildman–Crippen LogP) is 1.81. The summed E-state index contributed by atoms with van der Waals surface area (Å²) in [7, 11) is 1.90. The maximum Gasteiger partial charge on any atom is 0.354 e. The summed E-state index contributed by atoms with van der Waals surface area (Å²) in [6.07, 6.45) is 4.97. The van der Waals surface area contributed by atoms with E-state index in [4.69, 9.17) is 5.11 Å². The number of pyridine rings is 2. The summed E-state index contributed by atoms with van der Waals surface area (Å²) in [6.45, 7) is 0.686. The van der Waals surface area contributed by atoms with Crippen LogP contribution in [0.5, 0.6) is 0 Å². The minimum atomic E-state index is -1.02. The maximum atomic E-state index is 10.8. The first-order valence-corrected chi connectivity index (χ1v) is 5.46. The van der Waals surface area contributed by atoms with Gasteiger partial charge in [0, 0.05) is 37.9 Å². The van der Waals surface area contributed by atoms with E-state index in [1.54, 1.807) is 24.5 Å². The Hall–Kier alpha value is -2.43. The summed E-state index contributed by atoms with van der Waals surface area (Å²) in [5.41, 5.74) is 1.98. The lowest BCUT2D eigenvalue weighted by Crippen LogP contribution is -2.17. The number of aromatic carboxylic acids is 1. The molecule has 0 amide bonds. The third kappa shape index (κ3) is 2.82. The van der Waals surface area contributed by atoms with E-state index in [2.05, 4.69) is 9.97 Å². The molecule has 0 spiro atoms. The molecule has 0 fully saturated rings. The Labute approximate surface area is 105 Å². The van der Waals surface area contributed by atoms with Gasteiger partial charge in [0.1, 0.15) is 5.69 Å². The highest BCUT2D eigenvalue weighted by atomic mass is 16.4. The lowest BCUT2D eigenvalue weighted by molar-refractivity contribution is 0.0690. The van der Waals surface area contributed by atoms with Gasteiger partial charge in [-0.3, -0.25) is 4.98 Å². The third-order valence-electron chi connectivity index (χ3n) is 2.57. The summed E-state index contributed by atoms with van der Waals surface area (Å²) in [5.74, 6) is -1.02. The zero-order chi connectivity index (χ0) is 13.0. The molecule has 0 atom stereocenters. The topological polar surface area (TPSA) is 66.3 Å². The van der Waals surface area contributed by atoms with Crippen LogP contribution in [0.4, 0.5) is 5.69 Å². The fourth-order valence-corrected chi connectivity index (χ4v) is 1.63. The highest BCUT2D eigenvalue weighted by Gasteiger charge is 2.08. The number of carboxylic acid groups (broad SMARTS) is 1. The zero-order valence-corrected chi connectivity index (χ0v) is 9.95. The van der Waals surface area contributed by atoms with Gasteiger partial charge in [-0.15, -0.1) is 0 Å². The number of hydrogen-bond donors (Lipinski definition) is 1. The van der Waals surface area contributed by atoms with Crippen molar-refractivity contribution in [1.82, 2.24) is 9.97 Å². The molecule has 0 saturated heterocycles. The average Bonchev–Trinajstić information content (AvgIpc) is 2.40. The molecule has 0 aliphatic rings. The fraction of sp³-hybridized carbons (Fsp3) is 0.154. The minimum absolute atomic E-state index is 0.0501. The fourth-order valence-electron chi connectivity index (χ4n) is 1.63. The van der Waals surface area contributed by atoms with Crippen LogP contribution in [0.3, 0.4) is 0 Å². The molecule has 2 rings (SSSR count). The van der Waals surface area contributed by atoms with Gasteiger partial charge in [0.05, 0.1) is 0 Å². The van der Waals surface area contributed by atoms with E-state index in [1.807, 2.05) is 24.1 Å². The third-order valence-corrected chi connectivity index (χ3v) is 2.57. The highest BCUT2D eigenvalue weighted by molar-refractivity contribution is 5.86. The normalized spacial score (nSPS) is 10.1. The molecule has 5 heteroatoms. The molecule has 0 saturated carbocycles. The second-order valence-corrected chi connectivity index (χ2v) is 3.92. The molecule has 18 heavy (non-hydrogen) atoms. The number of anilines is 1. The molecule has 0 bridgehead atoms. The number of carbonyl (C=O) groups is 1. The molecule has 5 nitrogen and oxygen atoms in total.